The molecule has 1 fully saturated rings. The predicted octanol–water partition coefficient (Wildman–Crippen LogP) is 3.09. The van der Waals surface area contributed by atoms with Crippen molar-refractivity contribution in [3.63, 3.8) is 0 Å². The second-order valence-electron chi connectivity index (χ2n) is 5.61. The van der Waals surface area contributed by atoms with Crippen LogP contribution in [-0.4, -0.2) is 45.8 Å². The number of carbonyl (C=O) groups excluding carboxylic acids is 1. The van der Waals surface area contributed by atoms with Crippen molar-refractivity contribution in [3.05, 3.63) is 59.0 Å². The number of carboxylic acids is 1. The fourth-order valence-electron chi connectivity index (χ4n) is 2.34. The number of carboxylic acid groups (broad SMARTS) is 1. The second-order valence-corrected chi connectivity index (χ2v) is 6.62. The maximum Gasteiger partial charge on any atom is 0.341 e. The molecule has 0 radical (unpaired) electrons. The standard InChI is InChI=1S/C19H16N2O5S/c1-21-18(25)16(27-19(21)20-13-6-4-7-14(22)10-13)9-12-5-2-3-8-15(12)26-11-17(23)24/h2-10,22H,11H2,1H3,(H,23,24)/b16-9-,20-19?. The first-order valence-electron chi connectivity index (χ1n) is 7.93. The van der Waals surface area contributed by atoms with E-state index < -0.39 is 12.6 Å². The Hall–Kier alpha value is -3.26. The topological polar surface area (TPSA) is 99.4 Å². The normalized spacial score (nSPS) is 16.9. The lowest BCUT2D eigenvalue weighted by atomic mass is 10.2. The number of likely N-dealkylation sites (N-methyl/N-ethyl adjacent to an activating group) is 1. The van der Waals surface area contributed by atoms with Crippen molar-refractivity contribution in [2.75, 3.05) is 13.7 Å². The molecule has 2 N–H and O–H groups in total. The number of hydrogen-bond acceptors (Lipinski definition) is 6. The number of ether oxygens (including phenoxy) is 1. The van der Waals surface area contributed by atoms with Gasteiger partial charge in [0, 0.05) is 18.7 Å². The van der Waals surface area contributed by atoms with E-state index >= 15 is 0 Å². The third kappa shape index (κ3) is 4.48. The summed E-state index contributed by atoms with van der Waals surface area (Å²) in [6.07, 6.45) is 1.64. The fraction of sp³-hybridized carbons (Fsp3) is 0.105. The molecular formula is C19H16N2O5S. The molecule has 1 saturated heterocycles. The van der Waals surface area contributed by atoms with Gasteiger partial charge in [0.15, 0.2) is 11.8 Å². The molecule has 1 heterocycles. The van der Waals surface area contributed by atoms with Crippen molar-refractivity contribution in [2.45, 2.75) is 0 Å². The maximum absolute atomic E-state index is 12.5. The molecule has 0 atom stereocenters. The van der Waals surface area contributed by atoms with E-state index in [4.69, 9.17) is 9.84 Å². The summed E-state index contributed by atoms with van der Waals surface area (Å²) in [5, 5.41) is 18.8. The van der Waals surface area contributed by atoms with Crippen molar-refractivity contribution < 1.29 is 24.5 Å². The summed E-state index contributed by atoms with van der Waals surface area (Å²) in [5.41, 5.74) is 1.13. The smallest absolute Gasteiger partial charge is 0.341 e. The zero-order valence-corrected chi connectivity index (χ0v) is 15.1. The maximum atomic E-state index is 12.5. The number of benzene rings is 2. The van der Waals surface area contributed by atoms with Crippen LogP contribution in [0.15, 0.2) is 58.4 Å². The molecule has 0 aromatic heterocycles. The number of aliphatic carboxylic acids is 1. The number of phenols is 1. The molecule has 1 aliphatic heterocycles. The summed E-state index contributed by atoms with van der Waals surface area (Å²) in [6, 6.07) is 13.3. The van der Waals surface area contributed by atoms with E-state index in [9.17, 15) is 14.7 Å². The minimum Gasteiger partial charge on any atom is -0.508 e. The van der Waals surface area contributed by atoms with Crippen LogP contribution in [0, 0.1) is 0 Å². The first-order valence-corrected chi connectivity index (χ1v) is 8.74. The SMILES string of the molecule is CN1C(=O)/C(=C/c2ccccc2OCC(=O)O)SC1=Nc1cccc(O)c1. The van der Waals surface area contributed by atoms with Crippen molar-refractivity contribution >= 4 is 40.6 Å². The molecule has 2 aromatic rings. The van der Waals surface area contributed by atoms with Crippen LogP contribution in [-0.2, 0) is 9.59 Å². The Bertz CT molecular complexity index is 955. The summed E-state index contributed by atoms with van der Waals surface area (Å²) in [6.45, 7) is -0.467. The molecule has 0 unspecified atom stereocenters. The van der Waals surface area contributed by atoms with Gasteiger partial charge in [-0.25, -0.2) is 9.79 Å². The molecule has 0 bridgehead atoms. The van der Waals surface area contributed by atoms with Crippen LogP contribution < -0.4 is 4.74 Å². The number of nitrogens with zero attached hydrogens (tertiary/aromatic N) is 2. The molecular weight excluding hydrogens is 368 g/mol. The van der Waals surface area contributed by atoms with E-state index in [0.717, 1.165) is 0 Å². The summed E-state index contributed by atoms with van der Waals surface area (Å²) in [7, 11) is 1.62. The van der Waals surface area contributed by atoms with Crippen molar-refractivity contribution in [1.82, 2.24) is 4.90 Å². The highest BCUT2D eigenvalue weighted by Crippen LogP contribution is 2.35. The number of aliphatic imine (C=N–C) groups is 1. The summed E-state index contributed by atoms with van der Waals surface area (Å²) in [5.74, 6) is -0.841. The summed E-state index contributed by atoms with van der Waals surface area (Å²) < 4.78 is 5.27. The average Bonchev–Trinajstić information content (AvgIpc) is 2.89. The first kappa shape index (κ1) is 18.5. The molecule has 1 aliphatic rings. The van der Waals surface area contributed by atoms with Gasteiger partial charge in [-0.15, -0.1) is 0 Å². The van der Waals surface area contributed by atoms with Gasteiger partial charge in [0.25, 0.3) is 5.91 Å². The van der Waals surface area contributed by atoms with Crippen molar-refractivity contribution in [3.8, 4) is 11.5 Å². The Kier molecular flexibility index (Phi) is 5.46. The largest absolute Gasteiger partial charge is 0.508 e. The number of thioether (sulfide) groups is 1. The lowest BCUT2D eigenvalue weighted by molar-refractivity contribution is -0.139. The zero-order valence-electron chi connectivity index (χ0n) is 14.3. The van der Waals surface area contributed by atoms with E-state index in [0.29, 0.717) is 27.1 Å². The monoisotopic (exact) mass is 384 g/mol. The van der Waals surface area contributed by atoms with Gasteiger partial charge in [-0.3, -0.25) is 9.69 Å². The highest BCUT2D eigenvalue weighted by molar-refractivity contribution is 8.18. The van der Waals surface area contributed by atoms with Gasteiger partial charge < -0.3 is 14.9 Å². The number of aromatic hydroxyl groups is 1. The molecule has 0 spiro atoms. The number of amides is 1. The fourth-order valence-corrected chi connectivity index (χ4v) is 3.31. The van der Waals surface area contributed by atoms with Crippen molar-refractivity contribution in [2.24, 2.45) is 4.99 Å². The number of hydrogen-bond donors (Lipinski definition) is 2. The van der Waals surface area contributed by atoms with E-state index in [-0.39, 0.29) is 11.7 Å². The number of carbonyl (C=O) groups is 2. The Morgan fingerprint density at radius 2 is 2.04 bits per heavy atom. The molecule has 0 saturated carbocycles. The number of para-hydroxylation sites is 1. The van der Waals surface area contributed by atoms with Gasteiger partial charge in [0.2, 0.25) is 0 Å². The third-order valence-electron chi connectivity index (χ3n) is 3.61. The van der Waals surface area contributed by atoms with E-state index in [1.807, 2.05) is 0 Å². The van der Waals surface area contributed by atoms with Gasteiger partial charge in [-0.1, -0.05) is 24.3 Å². The molecule has 1 amide bonds. The van der Waals surface area contributed by atoms with E-state index in [2.05, 4.69) is 4.99 Å². The third-order valence-corrected chi connectivity index (χ3v) is 4.67. The Morgan fingerprint density at radius 1 is 1.26 bits per heavy atom. The van der Waals surface area contributed by atoms with E-state index in [1.54, 1.807) is 55.6 Å². The van der Waals surface area contributed by atoms with Crippen LogP contribution in [0.5, 0.6) is 11.5 Å². The van der Waals surface area contributed by atoms with Crippen LogP contribution in [0.1, 0.15) is 5.56 Å². The predicted molar refractivity (Wildman–Crippen MR) is 103 cm³/mol. The minimum atomic E-state index is -1.08. The van der Waals surface area contributed by atoms with Crippen LogP contribution in [0.25, 0.3) is 6.08 Å². The lowest BCUT2D eigenvalue weighted by Gasteiger charge is -2.07. The van der Waals surface area contributed by atoms with Gasteiger partial charge >= 0.3 is 5.97 Å². The molecule has 27 heavy (non-hydrogen) atoms. The van der Waals surface area contributed by atoms with E-state index in [1.165, 1.54) is 22.7 Å². The zero-order chi connectivity index (χ0) is 19.4. The Morgan fingerprint density at radius 3 is 2.78 bits per heavy atom. The Labute approximate surface area is 159 Å². The van der Waals surface area contributed by atoms with Gasteiger partial charge in [0.05, 0.1) is 10.6 Å². The van der Waals surface area contributed by atoms with Crippen molar-refractivity contribution in [1.29, 1.82) is 0 Å². The van der Waals surface area contributed by atoms with Crippen LogP contribution in [0.4, 0.5) is 5.69 Å². The second kappa shape index (κ2) is 7.96. The molecule has 138 valence electrons. The van der Waals surface area contributed by atoms with Crippen LogP contribution in [0.3, 0.4) is 0 Å². The highest BCUT2D eigenvalue weighted by atomic mass is 32.2. The number of phenolic OH excluding ortho intramolecular Hbond substituents is 1. The minimum absolute atomic E-state index is 0.0918. The molecule has 0 aliphatic carbocycles. The molecule has 7 nitrogen and oxygen atoms in total. The summed E-state index contributed by atoms with van der Waals surface area (Å²) >= 11 is 1.19. The first-order chi connectivity index (χ1) is 12.9. The number of amidine groups is 1. The van der Waals surface area contributed by atoms with Gasteiger partial charge in [0.1, 0.15) is 11.5 Å². The lowest BCUT2D eigenvalue weighted by Crippen LogP contribution is -2.23. The van der Waals surface area contributed by atoms with Crippen LogP contribution >= 0.6 is 11.8 Å². The number of rotatable bonds is 5. The molecule has 3 rings (SSSR count). The quantitative estimate of drug-likeness (QED) is 0.769. The van der Waals surface area contributed by atoms with Crippen LogP contribution in [0.2, 0.25) is 0 Å². The average molecular weight is 384 g/mol. The molecule has 8 heteroatoms. The summed E-state index contributed by atoms with van der Waals surface area (Å²) in [4.78, 5) is 29.5. The molecule has 2 aromatic carbocycles. The highest BCUT2D eigenvalue weighted by Gasteiger charge is 2.30. The van der Waals surface area contributed by atoms with Gasteiger partial charge in [-0.05, 0) is 36.0 Å². The van der Waals surface area contributed by atoms with Gasteiger partial charge in [-0.2, -0.15) is 0 Å². The Balaban J connectivity index is 1.88.